The number of rotatable bonds is 3. The second-order valence-electron chi connectivity index (χ2n) is 5.51. The summed E-state index contributed by atoms with van der Waals surface area (Å²) in [4.78, 5) is 12.6. The average molecular weight is 316 g/mol. The smallest absolute Gasteiger partial charge is 0.154 e. The molecule has 0 aliphatic carbocycles. The number of aliphatic imine (C=N–C) groups is 1. The summed E-state index contributed by atoms with van der Waals surface area (Å²) in [5.41, 5.74) is 7.74. The van der Waals surface area contributed by atoms with Gasteiger partial charge in [-0.25, -0.2) is 14.4 Å². The zero-order valence-electron chi connectivity index (χ0n) is 12.3. The molecule has 0 radical (unpaired) electrons. The van der Waals surface area contributed by atoms with E-state index in [2.05, 4.69) is 15.0 Å². The first-order valence-corrected chi connectivity index (χ1v) is 8.07. The summed E-state index contributed by atoms with van der Waals surface area (Å²) in [6, 6.07) is 7.03. The Morgan fingerprint density at radius 3 is 2.95 bits per heavy atom. The van der Waals surface area contributed by atoms with E-state index in [1.54, 1.807) is 12.3 Å². The first-order valence-electron chi connectivity index (χ1n) is 7.09. The summed E-state index contributed by atoms with van der Waals surface area (Å²) in [5.74, 6) is 0.610. The third-order valence-electron chi connectivity index (χ3n) is 3.84. The summed E-state index contributed by atoms with van der Waals surface area (Å²) < 4.78 is 14.3. The molecule has 2 aromatic rings. The van der Waals surface area contributed by atoms with Gasteiger partial charge in [0.15, 0.2) is 5.17 Å². The van der Waals surface area contributed by atoms with Crippen LogP contribution in [-0.4, -0.2) is 20.9 Å². The van der Waals surface area contributed by atoms with Gasteiger partial charge in [0.25, 0.3) is 0 Å². The highest BCUT2D eigenvalue weighted by atomic mass is 32.2. The van der Waals surface area contributed by atoms with Crippen LogP contribution in [0.2, 0.25) is 0 Å². The molecule has 1 aromatic heterocycles. The van der Waals surface area contributed by atoms with Crippen molar-refractivity contribution in [1.82, 2.24) is 9.97 Å². The molecule has 0 fully saturated rings. The third kappa shape index (κ3) is 3.11. The zero-order valence-corrected chi connectivity index (χ0v) is 13.1. The molecule has 0 bridgehead atoms. The standard InChI is InChI=1S/C16H17FN4S/c1-16(5-7-22-15(18)21-16)13-9-11(2-3-14(13)17)8-12-4-6-19-10-20-12/h2-4,6,9-10H,5,7-8H2,1H3,(H2,18,21)/t16-/m0/s1. The summed E-state index contributed by atoms with van der Waals surface area (Å²) in [6.07, 6.45) is 4.63. The molecular formula is C16H17FN4S. The van der Waals surface area contributed by atoms with Gasteiger partial charge in [0.2, 0.25) is 0 Å². The number of aromatic nitrogens is 2. The third-order valence-corrected chi connectivity index (χ3v) is 4.63. The molecule has 0 saturated carbocycles. The van der Waals surface area contributed by atoms with Crippen molar-refractivity contribution < 1.29 is 4.39 Å². The van der Waals surface area contributed by atoms with E-state index in [9.17, 15) is 4.39 Å². The van der Waals surface area contributed by atoms with E-state index >= 15 is 0 Å². The average Bonchev–Trinajstić information content (AvgIpc) is 2.50. The molecule has 1 aliphatic rings. The molecule has 2 N–H and O–H groups in total. The van der Waals surface area contributed by atoms with E-state index in [1.807, 2.05) is 19.1 Å². The Kier molecular flexibility index (Phi) is 4.11. The molecular weight excluding hydrogens is 299 g/mol. The molecule has 0 saturated heterocycles. The fourth-order valence-corrected chi connectivity index (χ4v) is 3.58. The first-order chi connectivity index (χ1) is 10.6. The van der Waals surface area contributed by atoms with Crippen LogP contribution in [0.4, 0.5) is 4.39 Å². The molecule has 0 amide bonds. The van der Waals surface area contributed by atoms with Crippen molar-refractivity contribution in [1.29, 1.82) is 0 Å². The maximum atomic E-state index is 14.3. The fourth-order valence-electron chi connectivity index (χ4n) is 2.61. The number of nitrogens with two attached hydrogens (primary N) is 1. The minimum atomic E-state index is -0.596. The molecule has 1 aliphatic heterocycles. The van der Waals surface area contributed by atoms with E-state index < -0.39 is 5.54 Å². The number of halogens is 1. The predicted molar refractivity (Wildman–Crippen MR) is 87.3 cm³/mol. The predicted octanol–water partition coefficient (Wildman–Crippen LogP) is 2.87. The molecule has 0 spiro atoms. The summed E-state index contributed by atoms with van der Waals surface area (Å²) in [7, 11) is 0. The minimum Gasteiger partial charge on any atom is -0.379 e. The van der Waals surface area contributed by atoms with Crippen LogP contribution in [0.25, 0.3) is 0 Å². The van der Waals surface area contributed by atoms with Crippen molar-refractivity contribution in [2.24, 2.45) is 10.7 Å². The Hall–Kier alpha value is -1.95. The number of benzene rings is 1. The Bertz CT molecular complexity index is 705. The molecule has 22 heavy (non-hydrogen) atoms. The van der Waals surface area contributed by atoms with E-state index in [0.29, 0.717) is 17.2 Å². The van der Waals surface area contributed by atoms with Crippen molar-refractivity contribution in [2.45, 2.75) is 25.3 Å². The molecule has 2 heterocycles. The van der Waals surface area contributed by atoms with Gasteiger partial charge in [-0.2, -0.15) is 0 Å². The lowest BCUT2D eigenvalue weighted by molar-refractivity contribution is 0.449. The van der Waals surface area contributed by atoms with Crippen molar-refractivity contribution >= 4 is 16.9 Å². The van der Waals surface area contributed by atoms with Crippen LogP contribution in [-0.2, 0) is 12.0 Å². The van der Waals surface area contributed by atoms with Crippen molar-refractivity contribution in [3.63, 3.8) is 0 Å². The maximum absolute atomic E-state index is 14.3. The van der Waals surface area contributed by atoms with Gasteiger partial charge in [-0.05, 0) is 31.0 Å². The van der Waals surface area contributed by atoms with Crippen LogP contribution >= 0.6 is 11.8 Å². The Morgan fingerprint density at radius 2 is 2.23 bits per heavy atom. The second-order valence-corrected chi connectivity index (χ2v) is 6.63. The van der Waals surface area contributed by atoms with Gasteiger partial charge in [0.1, 0.15) is 12.1 Å². The van der Waals surface area contributed by atoms with Crippen molar-refractivity contribution in [2.75, 3.05) is 5.75 Å². The van der Waals surface area contributed by atoms with Gasteiger partial charge in [0.05, 0.1) is 5.54 Å². The van der Waals surface area contributed by atoms with Gasteiger partial charge >= 0.3 is 0 Å². The highest BCUT2D eigenvalue weighted by Gasteiger charge is 2.32. The number of thioether (sulfide) groups is 1. The summed E-state index contributed by atoms with van der Waals surface area (Å²) in [5, 5.41) is 0.523. The normalized spacial score (nSPS) is 21.5. The molecule has 3 rings (SSSR count). The van der Waals surface area contributed by atoms with Gasteiger partial charge in [-0.3, -0.25) is 4.99 Å². The lowest BCUT2D eigenvalue weighted by Crippen LogP contribution is -2.29. The Balaban J connectivity index is 1.95. The highest BCUT2D eigenvalue weighted by Crippen LogP contribution is 2.36. The summed E-state index contributed by atoms with van der Waals surface area (Å²) >= 11 is 1.52. The quantitative estimate of drug-likeness (QED) is 0.945. The fraction of sp³-hybridized carbons (Fsp3) is 0.312. The second kappa shape index (κ2) is 6.04. The molecule has 6 heteroatoms. The Labute approximate surface area is 133 Å². The van der Waals surface area contributed by atoms with Crippen LogP contribution in [0.1, 0.15) is 30.2 Å². The molecule has 1 aromatic carbocycles. The molecule has 4 nitrogen and oxygen atoms in total. The first kappa shape index (κ1) is 15.0. The molecule has 0 unspecified atom stereocenters. The maximum Gasteiger partial charge on any atom is 0.154 e. The lowest BCUT2D eigenvalue weighted by Gasteiger charge is -2.30. The lowest BCUT2D eigenvalue weighted by atomic mass is 9.87. The molecule has 1 atom stereocenters. The largest absolute Gasteiger partial charge is 0.379 e. The minimum absolute atomic E-state index is 0.239. The van der Waals surface area contributed by atoms with E-state index in [-0.39, 0.29) is 5.82 Å². The highest BCUT2D eigenvalue weighted by molar-refractivity contribution is 8.13. The zero-order chi connectivity index (χ0) is 15.6. The summed E-state index contributed by atoms with van der Waals surface area (Å²) in [6.45, 7) is 1.94. The Morgan fingerprint density at radius 1 is 1.36 bits per heavy atom. The topological polar surface area (TPSA) is 64.2 Å². The molecule has 114 valence electrons. The van der Waals surface area contributed by atoms with Gasteiger partial charge in [-0.15, -0.1) is 0 Å². The van der Waals surface area contributed by atoms with Crippen LogP contribution < -0.4 is 5.73 Å². The van der Waals surface area contributed by atoms with Crippen LogP contribution in [0.5, 0.6) is 0 Å². The number of nitrogens with zero attached hydrogens (tertiary/aromatic N) is 3. The van der Waals surface area contributed by atoms with E-state index in [4.69, 9.17) is 5.73 Å². The van der Waals surface area contributed by atoms with Crippen LogP contribution in [0.3, 0.4) is 0 Å². The van der Waals surface area contributed by atoms with E-state index in [1.165, 1.54) is 24.2 Å². The van der Waals surface area contributed by atoms with Crippen molar-refractivity contribution in [3.8, 4) is 0 Å². The van der Waals surface area contributed by atoms with Crippen LogP contribution in [0, 0.1) is 5.82 Å². The van der Waals surface area contributed by atoms with Crippen molar-refractivity contribution in [3.05, 3.63) is 59.4 Å². The monoisotopic (exact) mass is 316 g/mol. The van der Waals surface area contributed by atoms with E-state index in [0.717, 1.165) is 23.4 Å². The van der Waals surface area contributed by atoms with Gasteiger partial charge in [-0.1, -0.05) is 23.9 Å². The van der Waals surface area contributed by atoms with Crippen LogP contribution in [0.15, 0.2) is 41.8 Å². The number of hydrogen-bond acceptors (Lipinski definition) is 5. The SMILES string of the molecule is C[C@@]1(c2cc(Cc3ccncn3)ccc2F)CCSC(N)=N1. The van der Waals surface area contributed by atoms with Gasteiger partial charge in [0, 0.05) is 29.6 Å². The van der Waals surface area contributed by atoms with Gasteiger partial charge < -0.3 is 5.73 Å². The number of hydrogen-bond donors (Lipinski definition) is 1. The number of amidine groups is 1.